The summed E-state index contributed by atoms with van der Waals surface area (Å²) in [6.45, 7) is 3.04. The smallest absolute Gasteiger partial charge is 0.164 e. The van der Waals surface area contributed by atoms with Crippen LogP contribution in [0.15, 0.2) is 321 Å². The molecule has 0 fully saturated rings. The summed E-state index contributed by atoms with van der Waals surface area (Å²) in [6, 6.07) is 81.6. The highest BCUT2D eigenvalue weighted by Gasteiger charge is 2.29. The summed E-state index contributed by atoms with van der Waals surface area (Å²) in [5.74, 6) is 28.5. The fraction of sp³-hybridized carbons (Fsp3) is 0.143. The first kappa shape index (κ1) is 93.5. The zero-order chi connectivity index (χ0) is 93.3. The number of nitrogens with one attached hydrogen (secondary N) is 2. The van der Waals surface area contributed by atoms with Gasteiger partial charge in [0.05, 0.1) is 52.9 Å². The lowest BCUT2D eigenvalue weighted by Gasteiger charge is -2.13. The van der Waals surface area contributed by atoms with Gasteiger partial charge in [0.2, 0.25) is 0 Å². The van der Waals surface area contributed by atoms with E-state index in [9.17, 15) is 0 Å². The quantitative estimate of drug-likeness (QED) is 0.0273. The summed E-state index contributed by atoms with van der Waals surface area (Å²) in [6.07, 6.45) is 49.0. The number of aromatic amines is 2. The molecule has 2 aliphatic rings. The maximum atomic E-state index is 6.08. The van der Waals surface area contributed by atoms with Crippen LogP contribution in [-0.4, -0.2) is 92.7 Å². The van der Waals surface area contributed by atoms with E-state index in [2.05, 4.69) is 154 Å². The van der Waals surface area contributed by atoms with E-state index in [0.717, 1.165) is 99.9 Å². The van der Waals surface area contributed by atoms with Crippen molar-refractivity contribution in [3.63, 3.8) is 0 Å². The fourth-order valence-corrected chi connectivity index (χ4v) is 22.0. The Labute approximate surface area is 824 Å². The molecule has 0 amide bonds. The van der Waals surface area contributed by atoms with Crippen LogP contribution in [0.2, 0.25) is 0 Å². The Hall–Kier alpha value is -14.3. The van der Waals surface area contributed by atoms with Gasteiger partial charge in [-0.1, -0.05) is 94.1 Å². The minimum atomic E-state index is 0.372. The van der Waals surface area contributed by atoms with Gasteiger partial charge in [-0.05, 0) is 243 Å². The van der Waals surface area contributed by atoms with Crippen LogP contribution < -0.4 is 37.9 Å². The lowest BCUT2D eigenvalue weighted by Crippen LogP contribution is -1.95. The van der Waals surface area contributed by atoms with Crippen molar-refractivity contribution in [1.82, 2.24) is 39.9 Å². The lowest BCUT2D eigenvalue weighted by molar-refractivity contribution is 0.327. The minimum absolute atomic E-state index is 0.372. The van der Waals surface area contributed by atoms with Gasteiger partial charge < -0.3 is 47.9 Å². The monoisotopic (exact) mass is 1920 g/mol. The van der Waals surface area contributed by atoms with Gasteiger partial charge in [0, 0.05) is 173 Å². The molecule has 0 saturated carbocycles. The van der Waals surface area contributed by atoms with Gasteiger partial charge in [-0.2, -0.15) is 0 Å². The molecule has 666 valence electrons. The molecule has 0 aliphatic carbocycles. The molecule has 3 aromatic heterocycles. The van der Waals surface area contributed by atoms with Gasteiger partial charge in [-0.25, -0.2) is 29.9 Å². The molecule has 12 aromatic carbocycles. The standard InChI is InChI=1S/C112H82N8O8S8/c1-9-17-57-121-73-25-41-81(42-26-73)129-97-65-89-90(66-98(97)130-82-43-27-74(28-44-82)122-58-18-10-2)106-113-105(89)117-107-91-67-99(131-83-45-29-75(30-46-83)123-59-19-11-3)100(132-84-47-31-76(32-48-84)124-60-20-12-4)68-92(91)109(114-107)119-111-95-71-103(135-87-53-37-79(38-54-87)127-63-23-15-7)104(136-88-55-39-80(40-56-88)128-64-24-16-8)72-96(95)112(116-111)120-110-94-70-102(134-86-51-35-78(36-52-86)126-62-22-14-6)101(69-93(94)108(115-110)118-106)133-85-49-33-77(34-50-85)125-61-21-13-5/h1-8,25-56,65-72H,17-24,57-64H2,(H2,113,114,115,116,117,118,119,120). The van der Waals surface area contributed by atoms with Crippen LogP contribution in [0, 0.1) is 98.8 Å². The fourth-order valence-electron chi connectivity index (χ4n) is 14.1. The number of ether oxygens (including phenoxy) is 8. The van der Waals surface area contributed by atoms with Crippen LogP contribution in [0.25, 0.3) is 89.7 Å². The maximum Gasteiger partial charge on any atom is 0.164 e. The zero-order valence-corrected chi connectivity index (χ0v) is 79.8. The van der Waals surface area contributed by atoms with Crippen LogP contribution in [0.5, 0.6) is 46.0 Å². The van der Waals surface area contributed by atoms with E-state index in [1.165, 1.54) is 0 Å². The number of H-pyrrole nitrogens is 2. The Kier molecular flexibility index (Phi) is 31.7. The van der Waals surface area contributed by atoms with Crippen molar-refractivity contribution < 1.29 is 37.9 Å². The topological polar surface area (TPSA) is 183 Å². The van der Waals surface area contributed by atoms with Gasteiger partial charge in [0.25, 0.3) is 0 Å². The average molecular weight is 1920 g/mol. The summed E-state index contributed by atoms with van der Waals surface area (Å²) >= 11 is 12.8. The first-order valence-corrected chi connectivity index (χ1v) is 49.8. The molecule has 24 heteroatoms. The number of hydrogen-bond donors (Lipinski definition) is 2. The highest BCUT2D eigenvalue weighted by Crippen LogP contribution is 2.52. The third-order valence-corrected chi connectivity index (χ3v) is 29.7. The largest absolute Gasteiger partial charge is 0.493 e. The Balaban J connectivity index is 0.948. The summed E-state index contributed by atoms with van der Waals surface area (Å²) in [4.78, 5) is 57.1. The van der Waals surface area contributed by atoms with Crippen molar-refractivity contribution in [2.45, 2.75) is 130 Å². The number of aromatic nitrogens is 8. The van der Waals surface area contributed by atoms with E-state index in [1.54, 1.807) is 94.1 Å². The Bertz CT molecular complexity index is 6580. The van der Waals surface area contributed by atoms with E-state index in [4.69, 9.17) is 119 Å². The molecule has 0 saturated heterocycles. The zero-order valence-electron chi connectivity index (χ0n) is 73.2. The number of nitrogens with zero attached hydrogens (tertiary/aromatic N) is 6. The molecule has 5 heterocycles. The summed E-state index contributed by atoms with van der Waals surface area (Å²) in [5, 5.41) is 2.94. The first-order valence-electron chi connectivity index (χ1n) is 43.2. The molecular formula is C112H82N8O8S8. The van der Waals surface area contributed by atoms with E-state index >= 15 is 0 Å². The molecule has 8 bridgehead atoms. The van der Waals surface area contributed by atoms with Gasteiger partial charge in [-0.15, -0.1) is 98.8 Å². The first-order chi connectivity index (χ1) is 66.9. The predicted octanol–water partition coefficient (Wildman–Crippen LogP) is 27.3. The molecule has 2 N–H and O–H groups in total. The molecule has 16 nitrogen and oxygen atoms in total. The summed E-state index contributed by atoms with van der Waals surface area (Å²) in [5.41, 5.74) is 4.66. The summed E-state index contributed by atoms with van der Waals surface area (Å²) in [7, 11) is 0. The highest BCUT2D eigenvalue weighted by molar-refractivity contribution is 8.03. The SMILES string of the molecule is C#CCCOc1ccc(Sc2cc3c(cc2Sc2ccc(OCCC#C)cc2)-c2nc-3nc3[nH]c(nc4nc(nc5[nH]c(n2)c2cc(Sc6ccc(OCCC#C)cc6)c(Sc6ccc(OCCC#C)cc6)cc52)-c2cc(Sc5ccc(OCCC#C)cc5)c(Sc5ccc(OCCC#C)cc5)cc2-4)c2cc(Sc4ccc(OCCC#C)cc4)c(Sc4ccc(OCCC#C)cc4)cc32)cc1. The van der Waals surface area contributed by atoms with E-state index in [1.807, 2.05) is 146 Å². The Morgan fingerprint density at radius 2 is 0.331 bits per heavy atom. The van der Waals surface area contributed by atoms with Crippen LogP contribution in [0.1, 0.15) is 51.4 Å². The second-order valence-corrected chi connectivity index (χ2v) is 38.9. The van der Waals surface area contributed by atoms with E-state index in [0.29, 0.717) is 218 Å². The molecule has 0 radical (unpaired) electrons. The van der Waals surface area contributed by atoms with Crippen LogP contribution in [0.3, 0.4) is 0 Å². The number of hydrogen-bond acceptors (Lipinski definition) is 22. The molecule has 0 atom stereocenters. The minimum Gasteiger partial charge on any atom is -0.493 e. The molecular weight excluding hydrogens is 1840 g/mol. The second-order valence-electron chi connectivity index (χ2n) is 30.0. The van der Waals surface area contributed by atoms with Crippen LogP contribution >= 0.6 is 94.1 Å². The number of terminal acetylenes is 8. The van der Waals surface area contributed by atoms with Crippen LogP contribution in [0.4, 0.5) is 0 Å². The average Bonchev–Trinajstić information content (AvgIpc) is 1.58. The van der Waals surface area contributed by atoms with Crippen molar-refractivity contribution in [2.75, 3.05) is 52.9 Å². The van der Waals surface area contributed by atoms with Gasteiger partial charge in [-0.3, -0.25) is 0 Å². The van der Waals surface area contributed by atoms with Crippen molar-refractivity contribution in [2.24, 2.45) is 0 Å². The van der Waals surface area contributed by atoms with E-state index < -0.39 is 0 Å². The number of benzene rings is 12. The van der Waals surface area contributed by atoms with Crippen LogP contribution in [-0.2, 0) is 0 Å². The lowest BCUT2D eigenvalue weighted by atomic mass is 10.1. The van der Waals surface area contributed by atoms with Gasteiger partial charge in [0.15, 0.2) is 23.3 Å². The van der Waals surface area contributed by atoms with Crippen molar-refractivity contribution in [3.05, 3.63) is 243 Å². The number of fused-ring (bicyclic) bond motifs is 20. The van der Waals surface area contributed by atoms with Crippen molar-refractivity contribution >= 4 is 138 Å². The summed E-state index contributed by atoms with van der Waals surface area (Å²) < 4.78 is 48.7. The predicted molar refractivity (Wildman–Crippen MR) is 552 cm³/mol. The maximum absolute atomic E-state index is 6.08. The third-order valence-electron chi connectivity index (χ3n) is 20.6. The van der Waals surface area contributed by atoms with Gasteiger partial charge >= 0.3 is 0 Å². The highest BCUT2D eigenvalue weighted by atomic mass is 32.2. The third kappa shape index (κ3) is 23.9. The second kappa shape index (κ2) is 46.1. The Morgan fingerprint density at radius 3 is 0.471 bits per heavy atom. The van der Waals surface area contributed by atoms with Crippen molar-refractivity contribution in [1.29, 1.82) is 0 Å². The molecule has 15 aromatic rings. The normalized spacial score (nSPS) is 11.0. The molecule has 136 heavy (non-hydrogen) atoms. The molecule has 0 unspecified atom stereocenters. The molecule has 17 rings (SSSR count). The van der Waals surface area contributed by atoms with Gasteiger partial charge in [0.1, 0.15) is 68.6 Å². The number of rotatable bonds is 40. The molecule has 0 spiro atoms. The molecule has 2 aliphatic heterocycles. The Morgan fingerprint density at radius 1 is 0.191 bits per heavy atom. The van der Waals surface area contributed by atoms with Crippen molar-refractivity contribution in [3.8, 4) is 190 Å². The van der Waals surface area contributed by atoms with E-state index in [-0.39, 0.29) is 0 Å².